The molecule has 0 radical (unpaired) electrons. The molecule has 2 aliphatic rings. The van der Waals surface area contributed by atoms with Crippen LogP contribution >= 0.6 is 0 Å². The maximum Gasteiger partial charge on any atom is 0.239 e. The molecule has 0 spiro atoms. The molecule has 0 aromatic heterocycles. The molecule has 1 N–H and O–H groups in total. The Morgan fingerprint density at radius 3 is 2.50 bits per heavy atom. The second-order valence-corrected chi connectivity index (χ2v) is 6.00. The standard InChI is InChI=1S/C15H28N2O/c1-13(16-10-6-7-14-8-9-14)15(18)17-11-4-2-3-5-12-17/h13-14,16H,2-12H2,1H3. The van der Waals surface area contributed by atoms with Crippen LogP contribution in [0.2, 0.25) is 0 Å². The molecule has 1 saturated heterocycles. The van der Waals surface area contributed by atoms with Gasteiger partial charge in [0.25, 0.3) is 0 Å². The minimum Gasteiger partial charge on any atom is -0.341 e. The summed E-state index contributed by atoms with van der Waals surface area (Å²) >= 11 is 0. The van der Waals surface area contributed by atoms with Crippen LogP contribution in [-0.4, -0.2) is 36.5 Å². The van der Waals surface area contributed by atoms with E-state index in [1.54, 1.807) is 0 Å². The topological polar surface area (TPSA) is 32.3 Å². The van der Waals surface area contributed by atoms with E-state index in [1.165, 1.54) is 51.4 Å². The maximum atomic E-state index is 12.3. The van der Waals surface area contributed by atoms with Crippen LogP contribution < -0.4 is 5.32 Å². The Kier molecular flexibility index (Phi) is 5.48. The first-order chi connectivity index (χ1) is 8.77. The van der Waals surface area contributed by atoms with Crippen LogP contribution in [-0.2, 0) is 4.79 Å². The van der Waals surface area contributed by atoms with Gasteiger partial charge >= 0.3 is 0 Å². The molecule has 1 aliphatic heterocycles. The number of amides is 1. The van der Waals surface area contributed by atoms with E-state index in [-0.39, 0.29) is 6.04 Å². The Morgan fingerprint density at radius 1 is 1.22 bits per heavy atom. The molecule has 104 valence electrons. The second-order valence-electron chi connectivity index (χ2n) is 6.00. The van der Waals surface area contributed by atoms with E-state index in [0.717, 1.165) is 25.6 Å². The summed E-state index contributed by atoms with van der Waals surface area (Å²) in [5.41, 5.74) is 0. The molecule has 1 atom stereocenters. The van der Waals surface area contributed by atoms with Crippen LogP contribution in [0.1, 0.15) is 58.3 Å². The Morgan fingerprint density at radius 2 is 1.89 bits per heavy atom. The molecular formula is C15H28N2O. The number of hydrogen-bond acceptors (Lipinski definition) is 2. The van der Waals surface area contributed by atoms with Crippen molar-refractivity contribution in [2.24, 2.45) is 5.92 Å². The lowest BCUT2D eigenvalue weighted by Gasteiger charge is -2.24. The largest absolute Gasteiger partial charge is 0.341 e. The van der Waals surface area contributed by atoms with Crippen molar-refractivity contribution in [1.82, 2.24) is 10.2 Å². The van der Waals surface area contributed by atoms with E-state index >= 15 is 0 Å². The monoisotopic (exact) mass is 252 g/mol. The fourth-order valence-electron chi connectivity index (χ4n) is 2.77. The first-order valence-corrected chi connectivity index (χ1v) is 7.79. The number of carbonyl (C=O) groups excluding carboxylic acids is 1. The van der Waals surface area contributed by atoms with Crippen molar-refractivity contribution < 1.29 is 4.79 Å². The number of nitrogens with zero attached hydrogens (tertiary/aromatic N) is 1. The number of rotatable bonds is 6. The van der Waals surface area contributed by atoms with Gasteiger partial charge in [0.2, 0.25) is 5.91 Å². The normalized spacial score (nSPS) is 22.6. The first-order valence-electron chi connectivity index (χ1n) is 7.79. The summed E-state index contributed by atoms with van der Waals surface area (Å²) in [6.45, 7) is 4.95. The second kappa shape index (κ2) is 7.13. The predicted molar refractivity (Wildman–Crippen MR) is 74.5 cm³/mol. The molecule has 1 saturated carbocycles. The average molecular weight is 252 g/mol. The quantitative estimate of drug-likeness (QED) is 0.737. The molecule has 1 heterocycles. The summed E-state index contributed by atoms with van der Waals surface area (Å²) in [4.78, 5) is 14.3. The summed E-state index contributed by atoms with van der Waals surface area (Å²) in [6.07, 6.45) is 10.4. The summed E-state index contributed by atoms with van der Waals surface area (Å²) in [6, 6.07) is 0.00213. The summed E-state index contributed by atoms with van der Waals surface area (Å²) in [5, 5.41) is 3.39. The van der Waals surface area contributed by atoms with E-state index in [1.807, 2.05) is 6.92 Å². The number of carbonyl (C=O) groups is 1. The van der Waals surface area contributed by atoms with Crippen LogP contribution in [0.4, 0.5) is 0 Å². The van der Waals surface area contributed by atoms with Crippen molar-refractivity contribution >= 4 is 5.91 Å². The SMILES string of the molecule is CC(NCCCC1CC1)C(=O)N1CCCCCC1. The van der Waals surface area contributed by atoms with Crippen molar-refractivity contribution in [2.75, 3.05) is 19.6 Å². The van der Waals surface area contributed by atoms with Gasteiger partial charge < -0.3 is 10.2 Å². The average Bonchev–Trinajstić information content (AvgIpc) is 3.19. The third kappa shape index (κ3) is 4.60. The molecule has 2 rings (SSSR count). The fraction of sp³-hybridized carbons (Fsp3) is 0.933. The Hall–Kier alpha value is -0.570. The van der Waals surface area contributed by atoms with Crippen LogP contribution in [0.25, 0.3) is 0 Å². The van der Waals surface area contributed by atoms with Gasteiger partial charge in [0.05, 0.1) is 6.04 Å². The third-order valence-electron chi connectivity index (χ3n) is 4.22. The van der Waals surface area contributed by atoms with Crippen LogP contribution in [0.3, 0.4) is 0 Å². The van der Waals surface area contributed by atoms with Gasteiger partial charge in [-0.3, -0.25) is 4.79 Å². The fourth-order valence-corrected chi connectivity index (χ4v) is 2.77. The van der Waals surface area contributed by atoms with Gasteiger partial charge in [-0.05, 0) is 45.1 Å². The molecule has 1 amide bonds. The highest BCUT2D eigenvalue weighted by atomic mass is 16.2. The Bertz CT molecular complexity index is 255. The minimum atomic E-state index is 0.00213. The lowest BCUT2D eigenvalue weighted by molar-refractivity contribution is -0.133. The van der Waals surface area contributed by atoms with Gasteiger partial charge in [-0.25, -0.2) is 0 Å². The van der Waals surface area contributed by atoms with E-state index in [2.05, 4.69) is 10.2 Å². The van der Waals surface area contributed by atoms with E-state index < -0.39 is 0 Å². The zero-order valence-corrected chi connectivity index (χ0v) is 11.8. The van der Waals surface area contributed by atoms with Gasteiger partial charge in [-0.2, -0.15) is 0 Å². The summed E-state index contributed by atoms with van der Waals surface area (Å²) < 4.78 is 0. The Labute approximate surface area is 111 Å². The Balaban J connectivity index is 1.62. The van der Waals surface area contributed by atoms with Crippen LogP contribution in [0.5, 0.6) is 0 Å². The molecule has 1 unspecified atom stereocenters. The number of hydrogen-bond donors (Lipinski definition) is 1. The lowest BCUT2D eigenvalue weighted by Crippen LogP contribution is -2.45. The van der Waals surface area contributed by atoms with Crippen molar-refractivity contribution in [1.29, 1.82) is 0 Å². The van der Waals surface area contributed by atoms with Gasteiger partial charge in [-0.15, -0.1) is 0 Å². The van der Waals surface area contributed by atoms with E-state index in [4.69, 9.17) is 0 Å². The molecular weight excluding hydrogens is 224 g/mol. The zero-order valence-electron chi connectivity index (χ0n) is 11.8. The van der Waals surface area contributed by atoms with Gasteiger partial charge in [-0.1, -0.05) is 25.7 Å². The maximum absolute atomic E-state index is 12.3. The van der Waals surface area contributed by atoms with Crippen LogP contribution in [0, 0.1) is 5.92 Å². The zero-order chi connectivity index (χ0) is 12.8. The molecule has 0 aromatic carbocycles. The van der Waals surface area contributed by atoms with Gasteiger partial charge in [0.15, 0.2) is 0 Å². The van der Waals surface area contributed by atoms with E-state index in [9.17, 15) is 4.79 Å². The molecule has 3 nitrogen and oxygen atoms in total. The predicted octanol–water partition coefficient (Wildman–Crippen LogP) is 2.56. The van der Waals surface area contributed by atoms with Gasteiger partial charge in [0, 0.05) is 13.1 Å². The van der Waals surface area contributed by atoms with Crippen molar-refractivity contribution in [3.8, 4) is 0 Å². The highest BCUT2D eigenvalue weighted by molar-refractivity contribution is 5.81. The molecule has 0 aromatic rings. The van der Waals surface area contributed by atoms with Crippen LogP contribution in [0.15, 0.2) is 0 Å². The molecule has 2 fully saturated rings. The molecule has 18 heavy (non-hydrogen) atoms. The molecule has 1 aliphatic carbocycles. The summed E-state index contributed by atoms with van der Waals surface area (Å²) in [7, 11) is 0. The van der Waals surface area contributed by atoms with E-state index in [0.29, 0.717) is 5.91 Å². The van der Waals surface area contributed by atoms with Gasteiger partial charge in [0.1, 0.15) is 0 Å². The van der Waals surface area contributed by atoms with Crippen molar-refractivity contribution in [3.05, 3.63) is 0 Å². The highest BCUT2D eigenvalue weighted by Crippen LogP contribution is 2.33. The van der Waals surface area contributed by atoms with Crippen molar-refractivity contribution in [2.45, 2.75) is 64.3 Å². The minimum absolute atomic E-state index is 0.00213. The number of likely N-dealkylation sites (tertiary alicyclic amines) is 1. The molecule has 3 heteroatoms. The summed E-state index contributed by atoms with van der Waals surface area (Å²) in [5.74, 6) is 1.31. The smallest absolute Gasteiger partial charge is 0.239 e. The molecule has 0 bridgehead atoms. The number of nitrogens with one attached hydrogen (secondary N) is 1. The highest BCUT2D eigenvalue weighted by Gasteiger charge is 2.22. The lowest BCUT2D eigenvalue weighted by atomic mass is 10.2. The van der Waals surface area contributed by atoms with Crippen molar-refractivity contribution in [3.63, 3.8) is 0 Å². The third-order valence-corrected chi connectivity index (χ3v) is 4.22. The first kappa shape index (κ1) is 13.9.